The first-order valence-electron chi connectivity index (χ1n) is 6.01. The second-order valence-electron chi connectivity index (χ2n) is 4.57. The summed E-state index contributed by atoms with van der Waals surface area (Å²) in [5.74, 6) is 0.307. The van der Waals surface area contributed by atoms with Gasteiger partial charge >= 0.3 is 5.97 Å². The van der Waals surface area contributed by atoms with Crippen molar-refractivity contribution in [1.29, 1.82) is 0 Å². The van der Waals surface area contributed by atoms with Crippen molar-refractivity contribution in [1.82, 2.24) is 9.97 Å². The Morgan fingerprint density at radius 1 is 1.50 bits per heavy atom. The number of aromatic nitrogens is 2. The van der Waals surface area contributed by atoms with Crippen LogP contribution < -0.4 is 4.90 Å². The molecule has 1 aromatic heterocycles. The molecule has 1 aliphatic heterocycles. The van der Waals surface area contributed by atoms with Gasteiger partial charge in [-0.15, -0.1) is 0 Å². The standard InChI is InChI=1S/C12H17N3O2S/c1-8-3-5-15(6-4-8)10-9(11(16)17)7-13-12(14-10)18-2/h7-8H,3-6H2,1-2H3,(H,16,17). The van der Waals surface area contributed by atoms with Gasteiger partial charge in [-0.25, -0.2) is 14.8 Å². The van der Waals surface area contributed by atoms with Crippen molar-refractivity contribution >= 4 is 23.5 Å². The second-order valence-corrected chi connectivity index (χ2v) is 5.34. The first-order chi connectivity index (χ1) is 8.61. The SMILES string of the molecule is CSc1ncc(C(=O)O)c(N2CCC(C)CC2)n1. The molecule has 0 spiro atoms. The highest BCUT2D eigenvalue weighted by molar-refractivity contribution is 7.98. The summed E-state index contributed by atoms with van der Waals surface area (Å²) in [6, 6.07) is 0. The highest BCUT2D eigenvalue weighted by Crippen LogP contribution is 2.25. The van der Waals surface area contributed by atoms with Crippen LogP contribution in [0.15, 0.2) is 11.4 Å². The topological polar surface area (TPSA) is 66.3 Å². The molecule has 1 fully saturated rings. The highest BCUT2D eigenvalue weighted by Gasteiger charge is 2.23. The molecule has 5 nitrogen and oxygen atoms in total. The van der Waals surface area contributed by atoms with Crippen LogP contribution in [0.5, 0.6) is 0 Å². The zero-order chi connectivity index (χ0) is 13.1. The summed E-state index contributed by atoms with van der Waals surface area (Å²) in [5, 5.41) is 9.82. The summed E-state index contributed by atoms with van der Waals surface area (Å²) in [4.78, 5) is 21.7. The van der Waals surface area contributed by atoms with Gasteiger partial charge in [0.05, 0.1) is 0 Å². The molecule has 0 amide bonds. The number of rotatable bonds is 3. The average molecular weight is 267 g/mol. The van der Waals surface area contributed by atoms with E-state index in [9.17, 15) is 9.90 Å². The minimum absolute atomic E-state index is 0.197. The van der Waals surface area contributed by atoms with E-state index in [0.29, 0.717) is 16.9 Å². The number of nitrogens with zero attached hydrogens (tertiary/aromatic N) is 3. The molecule has 0 unspecified atom stereocenters. The average Bonchev–Trinajstić information content (AvgIpc) is 2.38. The third-order valence-electron chi connectivity index (χ3n) is 3.24. The second kappa shape index (κ2) is 5.56. The van der Waals surface area contributed by atoms with E-state index in [1.54, 1.807) is 0 Å². The number of aromatic carboxylic acids is 1. The van der Waals surface area contributed by atoms with Gasteiger partial charge in [0, 0.05) is 19.3 Å². The quantitative estimate of drug-likeness (QED) is 0.668. The molecule has 1 aliphatic rings. The van der Waals surface area contributed by atoms with Crippen LogP contribution in [0.1, 0.15) is 30.1 Å². The minimum atomic E-state index is -0.962. The summed E-state index contributed by atoms with van der Waals surface area (Å²) in [5.41, 5.74) is 0.197. The third kappa shape index (κ3) is 2.75. The lowest BCUT2D eigenvalue weighted by molar-refractivity contribution is 0.0696. The number of thioether (sulfide) groups is 1. The van der Waals surface area contributed by atoms with Crippen LogP contribution in [0.4, 0.5) is 5.82 Å². The minimum Gasteiger partial charge on any atom is -0.477 e. The molecule has 2 heterocycles. The van der Waals surface area contributed by atoms with Crippen LogP contribution in [-0.2, 0) is 0 Å². The Labute approximate surface area is 111 Å². The van der Waals surface area contributed by atoms with Gasteiger partial charge in [-0.3, -0.25) is 0 Å². The zero-order valence-electron chi connectivity index (χ0n) is 10.6. The Morgan fingerprint density at radius 2 is 2.17 bits per heavy atom. The zero-order valence-corrected chi connectivity index (χ0v) is 11.4. The molecule has 18 heavy (non-hydrogen) atoms. The van der Waals surface area contributed by atoms with E-state index in [0.717, 1.165) is 25.9 Å². The van der Waals surface area contributed by atoms with Crippen molar-refractivity contribution in [2.45, 2.75) is 24.9 Å². The monoisotopic (exact) mass is 267 g/mol. The van der Waals surface area contributed by atoms with Crippen molar-refractivity contribution in [3.05, 3.63) is 11.8 Å². The summed E-state index contributed by atoms with van der Waals surface area (Å²) in [7, 11) is 0. The molecule has 0 aliphatic carbocycles. The van der Waals surface area contributed by atoms with E-state index in [1.165, 1.54) is 18.0 Å². The number of anilines is 1. The van der Waals surface area contributed by atoms with Crippen molar-refractivity contribution in [2.24, 2.45) is 5.92 Å². The number of piperidine rings is 1. The molecular weight excluding hydrogens is 250 g/mol. The van der Waals surface area contributed by atoms with Crippen LogP contribution in [-0.4, -0.2) is 40.4 Å². The fraction of sp³-hybridized carbons (Fsp3) is 0.583. The Bertz CT molecular complexity index is 445. The van der Waals surface area contributed by atoms with Crippen LogP contribution in [0.3, 0.4) is 0 Å². The maximum Gasteiger partial charge on any atom is 0.341 e. The van der Waals surface area contributed by atoms with E-state index < -0.39 is 5.97 Å². The molecular formula is C12H17N3O2S. The predicted molar refractivity (Wildman–Crippen MR) is 71.4 cm³/mol. The maximum atomic E-state index is 11.2. The molecule has 0 atom stereocenters. The van der Waals surface area contributed by atoms with E-state index in [2.05, 4.69) is 21.8 Å². The van der Waals surface area contributed by atoms with Crippen molar-refractivity contribution in [3.63, 3.8) is 0 Å². The molecule has 2 rings (SSSR count). The number of carboxylic acid groups (broad SMARTS) is 1. The van der Waals surface area contributed by atoms with Crippen molar-refractivity contribution in [2.75, 3.05) is 24.2 Å². The largest absolute Gasteiger partial charge is 0.477 e. The van der Waals surface area contributed by atoms with Crippen LogP contribution in [0, 0.1) is 5.92 Å². The lowest BCUT2D eigenvalue weighted by Gasteiger charge is -2.31. The Hall–Kier alpha value is -1.30. The molecule has 1 N–H and O–H groups in total. The summed E-state index contributed by atoms with van der Waals surface area (Å²) < 4.78 is 0. The molecule has 6 heteroatoms. The smallest absolute Gasteiger partial charge is 0.341 e. The Morgan fingerprint density at radius 3 is 2.72 bits per heavy atom. The van der Waals surface area contributed by atoms with Gasteiger partial charge < -0.3 is 10.0 Å². The number of hydrogen-bond donors (Lipinski definition) is 1. The van der Waals surface area contributed by atoms with Gasteiger partial charge in [0.15, 0.2) is 5.16 Å². The van der Waals surface area contributed by atoms with Gasteiger partial charge in [0.2, 0.25) is 0 Å². The fourth-order valence-electron chi connectivity index (χ4n) is 2.07. The first kappa shape index (κ1) is 13.1. The molecule has 0 aromatic carbocycles. The predicted octanol–water partition coefficient (Wildman–Crippen LogP) is 2.13. The van der Waals surface area contributed by atoms with Crippen LogP contribution in [0.2, 0.25) is 0 Å². The molecule has 1 saturated heterocycles. The van der Waals surface area contributed by atoms with E-state index in [-0.39, 0.29) is 5.56 Å². The molecule has 0 bridgehead atoms. The van der Waals surface area contributed by atoms with Gasteiger partial charge in [0.25, 0.3) is 0 Å². The molecule has 1 aromatic rings. The normalized spacial score (nSPS) is 16.9. The summed E-state index contributed by atoms with van der Waals surface area (Å²) >= 11 is 1.43. The lowest BCUT2D eigenvalue weighted by Crippen LogP contribution is -2.34. The highest BCUT2D eigenvalue weighted by atomic mass is 32.2. The van der Waals surface area contributed by atoms with Gasteiger partial charge in [-0.1, -0.05) is 18.7 Å². The van der Waals surface area contributed by atoms with Gasteiger partial charge in [0.1, 0.15) is 11.4 Å². The lowest BCUT2D eigenvalue weighted by atomic mass is 9.99. The Balaban J connectivity index is 2.31. The van der Waals surface area contributed by atoms with E-state index in [1.807, 2.05) is 6.26 Å². The fourth-order valence-corrected chi connectivity index (χ4v) is 2.40. The number of carboxylic acids is 1. The van der Waals surface area contributed by atoms with Crippen molar-refractivity contribution < 1.29 is 9.90 Å². The number of hydrogen-bond acceptors (Lipinski definition) is 5. The number of carbonyl (C=O) groups is 1. The summed E-state index contributed by atoms with van der Waals surface area (Å²) in [6.07, 6.45) is 5.46. The Kier molecular flexibility index (Phi) is 4.06. The first-order valence-corrected chi connectivity index (χ1v) is 7.23. The van der Waals surface area contributed by atoms with Crippen LogP contribution in [0.25, 0.3) is 0 Å². The third-order valence-corrected chi connectivity index (χ3v) is 3.80. The van der Waals surface area contributed by atoms with Crippen molar-refractivity contribution in [3.8, 4) is 0 Å². The summed E-state index contributed by atoms with van der Waals surface area (Å²) in [6.45, 7) is 3.96. The van der Waals surface area contributed by atoms with E-state index >= 15 is 0 Å². The van der Waals surface area contributed by atoms with Gasteiger partial charge in [-0.05, 0) is 25.0 Å². The molecule has 0 saturated carbocycles. The van der Waals surface area contributed by atoms with Crippen LogP contribution >= 0.6 is 11.8 Å². The maximum absolute atomic E-state index is 11.2. The molecule has 98 valence electrons. The van der Waals surface area contributed by atoms with E-state index in [4.69, 9.17) is 0 Å². The molecule has 0 radical (unpaired) electrons. The van der Waals surface area contributed by atoms with Gasteiger partial charge in [-0.2, -0.15) is 0 Å².